The largest absolute Gasteiger partial charge is 0.372 e. The number of fused-ring (bicyclic) bond motifs is 4. The molecular weight excluding hydrogens is 184 g/mol. The Labute approximate surface area is 83.4 Å². The number of hydrogen-bond donors (Lipinski definition) is 0. The van der Waals surface area contributed by atoms with Crippen LogP contribution in [0.25, 0.3) is 0 Å². The maximum Gasteiger partial charge on any atom is 0.0911 e. The zero-order chi connectivity index (χ0) is 9.10. The fourth-order valence-corrected chi connectivity index (χ4v) is 5.02. The van der Waals surface area contributed by atoms with Gasteiger partial charge in [0.15, 0.2) is 0 Å². The van der Waals surface area contributed by atoms with Gasteiger partial charge in [0.25, 0.3) is 0 Å². The van der Waals surface area contributed by atoms with Crippen molar-refractivity contribution in [2.45, 2.75) is 26.1 Å². The third-order valence-electron chi connectivity index (χ3n) is 4.32. The summed E-state index contributed by atoms with van der Waals surface area (Å²) in [6, 6.07) is 0. The highest BCUT2D eigenvalue weighted by atomic mass is 32.2. The molecule has 1 aliphatic carbocycles. The van der Waals surface area contributed by atoms with Crippen LogP contribution in [0, 0.1) is 10.8 Å². The lowest BCUT2D eigenvalue weighted by Crippen LogP contribution is -2.72. The summed E-state index contributed by atoms with van der Waals surface area (Å²) < 4.78 is 11.6. The first kappa shape index (κ1) is 8.57. The van der Waals surface area contributed by atoms with Crippen molar-refractivity contribution in [3.05, 3.63) is 0 Å². The molecule has 4 atom stereocenters. The number of thioether (sulfide) groups is 1. The molecule has 3 rings (SSSR count). The normalized spacial score (nSPS) is 59.5. The minimum absolute atomic E-state index is 0.376. The second-order valence-electron chi connectivity index (χ2n) is 4.91. The highest BCUT2D eigenvalue weighted by molar-refractivity contribution is 7.99. The SMILES string of the molecule is CC12CSCC1(C)C1OCCOC12. The first-order chi connectivity index (χ1) is 6.18. The van der Waals surface area contributed by atoms with Gasteiger partial charge in [-0.25, -0.2) is 0 Å². The van der Waals surface area contributed by atoms with Crippen LogP contribution in [0.3, 0.4) is 0 Å². The molecule has 0 aromatic heterocycles. The van der Waals surface area contributed by atoms with Crippen molar-refractivity contribution in [3.63, 3.8) is 0 Å². The van der Waals surface area contributed by atoms with Gasteiger partial charge < -0.3 is 9.47 Å². The molecule has 1 saturated carbocycles. The van der Waals surface area contributed by atoms with E-state index in [0.717, 1.165) is 13.2 Å². The maximum absolute atomic E-state index is 5.82. The first-order valence-electron chi connectivity index (χ1n) is 4.99. The van der Waals surface area contributed by atoms with Crippen LogP contribution in [0.4, 0.5) is 0 Å². The van der Waals surface area contributed by atoms with Crippen molar-refractivity contribution in [2.24, 2.45) is 10.8 Å². The molecule has 0 amide bonds. The average Bonchev–Trinajstić information content (AvgIpc) is 2.41. The zero-order valence-corrected chi connectivity index (χ0v) is 9.02. The topological polar surface area (TPSA) is 18.5 Å². The summed E-state index contributed by atoms with van der Waals surface area (Å²) in [4.78, 5) is 0. The van der Waals surface area contributed by atoms with Crippen molar-refractivity contribution in [3.8, 4) is 0 Å². The van der Waals surface area contributed by atoms with Crippen molar-refractivity contribution in [1.29, 1.82) is 0 Å². The average molecular weight is 200 g/mol. The molecule has 2 aliphatic heterocycles. The summed E-state index contributed by atoms with van der Waals surface area (Å²) in [6.45, 7) is 6.31. The summed E-state index contributed by atoms with van der Waals surface area (Å²) in [5.74, 6) is 2.49. The second-order valence-corrected chi connectivity index (χ2v) is 5.90. The fourth-order valence-electron chi connectivity index (χ4n) is 3.08. The molecule has 2 nitrogen and oxygen atoms in total. The van der Waals surface area contributed by atoms with Crippen LogP contribution < -0.4 is 0 Å². The summed E-state index contributed by atoms with van der Waals surface area (Å²) in [7, 11) is 0. The van der Waals surface area contributed by atoms with E-state index in [2.05, 4.69) is 25.6 Å². The molecule has 2 heterocycles. The van der Waals surface area contributed by atoms with E-state index in [1.807, 2.05) is 0 Å². The van der Waals surface area contributed by atoms with Crippen LogP contribution in [0.2, 0.25) is 0 Å². The number of ether oxygens (including phenoxy) is 2. The third kappa shape index (κ3) is 0.798. The maximum atomic E-state index is 5.82. The fraction of sp³-hybridized carbons (Fsp3) is 1.00. The molecular formula is C10H16O2S. The van der Waals surface area contributed by atoms with E-state index in [1.165, 1.54) is 11.5 Å². The standard InChI is InChI=1S/C10H16O2S/c1-9-5-13-6-10(9,2)8-7(9)11-3-4-12-8/h7-8H,3-6H2,1-2H3. The quantitative estimate of drug-likeness (QED) is 0.591. The van der Waals surface area contributed by atoms with Gasteiger partial charge in [0.05, 0.1) is 25.4 Å². The molecule has 3 fully saturated rings. The van der Waals surface area contributed by atoms with E-state index in [4.69, 9.17) is 9.47 Å². The lowest BCUT2D eigenvalue weighted by Gasteiger charge is -2.63. The van der Waals surface area contributed by atoms with Gasteiger partial charge >= 0.3 is 0 Å². The predicted octanol–water partition coefficient (Wildman–Crippen LogP) is 1.54. The Balaban J connectivity index is 1.94. The smallest absolute Gasteiger partial charge is 0.0911 e. The van der Waals surface area contributed by atoms with Crippen LogP contribution in [0.5, 0.6) is 0 Å². The Morgan fingerprint density at radius 3 is 1.92 bits per heavy atom. The highest BCUT2D eigenvalue weighted by Crippen LogP contribution is 2.66. The number of hydrogen-bond acceptors (Lipinski definition) is 3. The predicted molar refractivity (Wildman–Crippen MR) is 53.0 cm³/mol. The highest BCUT2D eigenvalue weighted by Gasteiger charge is 2.71. The summed E-state index contributed by atoms with van der Waals surface area (Å²) in [6.07, 6.45) is 0.752. The molecule has 2 saturated heterocycles. The van der Waals surface area contributed by atoms with Gasteiger partial charge in [-0.05, 0) is 0 Å². The molecule has 74 valence electrons. The van der Waals surface area contributed by atoms with E-state index in [9.17, 15) is 0 Å². The molecule has 0 aromatic rings. The third-order valence-corrected chi connectivity index (χ3v) is 5.93. The number of rotatable bonds is 0. The molecule has 0 bridgehead atoms. The van der Waals surface area contributed by atoms with E-state index in [1.54, 1.807) is 0 Å². The van der Waals surface area contributed by atoms with Gasteiger partial charge in [-0.2, -0.15) is 11.8 Å². The van der Waals surface area contributed by atoms with Crippen molar-refractivity contribution in [1.82, 2.24) is 0 Å². The van der Waals surface area contributed by atoms with Gasteiger partial charge in [0.1, 0.15) is 0 Å². The molecule has 13 heavy (non-hydrogen) atoms. The lowest BCUT2D eigenvalue weighted by molar-refractivity contribution is -0.309. The van der Waals surface area contributed by atoms with E-state index in [0.29, 0.717) is 23.0 Å². The Hall–Kier alpha value is 0.270. The van der Waals surface area contributed by atoms with Crippen molar-refractivity contribution < 1.29 is 9.47 Å². The van der Waals surface area contributed by atoms with Crippen molar-refractivity contribution >= 4 is 11.8 Å². The Morgan fingerprint density at radius 2 is 1.46 bits per heavy atom. The Morgan fingerprint density at radius 1 is 1.00 bits per heavy atom. The molecule has 0 aromatic carbocycles. The second kappa shape index (κ2) is 2.44. The molecule has 3 aliphatic rings. The summed E-state index contributed by atoms with van der Waals surface area (Å²) in [5.41, 5.74) is 0.755. The van der Waals surface area contributed by atoms with Crippen LogP contribution >= 0.6 is 11.8 Å². The van der Waals surface area contributed by atoms with Gasteiger partial charge in [0, 0.05) is 22.3 Å². The van der Waals surface area contributed by atoms with Gasteiger partial charge in [-0.1, -0.05) is 13.8 Å². The minimum atomic E-state index is 0.376. The molecule has 0 radical (unpaired) electrons. The van der Waals surface area contributed by atoms with E-state index < -0.39 is 0 Å². The van der Waals surface area contributed by atoms with Crippen LogP contribution in [0.15, 0.2) is 0 Å². The summed E-state index contributed by atoms with van der Waals surface area (Å²) in [5, 5.41) is 0. The molecule has 4 unspecified atom stereocenters. The van der Waals surface area contributed by atoms with E-state index in [-0.39, 0.29) is 0 Å². The lowest BCUT2D eigenvalue weighted by atomic mass is 9.48. The first-order valence-corrected chi connectivity index (χ1v) is 6.15. The molecule has 3 heteroatoms. The van der Waals surface area contributed by atoms with Gasteiger partial charge in [-0.15, -0.1) is 0 Å². The van der Waals surface area contributed by atoms with Gasteiger partial charge in [-0.3, -0.25) is 0 Å². The Bertz CT molecular complexity index is 221. The minimum Gasteiger partial charge on any atom is -0.372 e. The van der Waals surface area contributed by atoms with Gasteiger partial charge in [0.2, 0.25) is 0 Å². The monoisotopic (exact) mass is 200 g/mol. The van der Waals surface area contributed by atoms with Crippen LogP contribution in [0.1, 0.15) is 13.8 Å². The molecule has 0 spiro atoms. The van der Waals surface area contributed by atoms with E-state index >= 15 is 0 Å². The zero-order valence-electron chi connectivity index (χ0n) is 8.21. The van der Waals surface area contributed by atoms with Crippen LogP contribution in [-0.4, -0.2) is 36.9 Å². The molecule has 0 N–H and O–H groups in total. The Kier molecular flexibility index (Phi) is 1.61. The summed E-state index contributed by atoms with van der Waals surface area (Å²) >= 11 is 2.06. The van der Waals surface area contributed by atoms with Crippen LogP contribution in [-0.2, 0) is 9.47 Å². The van der Waals surface area contributed by atoms with Crippen molar-refractivity contribution in [2.75, 3.05) is 24.7 Å².